The van der Waals surface area contributed by atoms with Gasteiger partial charge in [0.05, 0.1) is 36.8 Å². The standard InChI is InChI=1S/C24H29N7O4/c1-15(2)22(31-10-9-27-29-31)24(35)30-13-18(33)11-21(30)23(34)28-20(14-32)17-5-3-16(4-6-17)19-12-25-7-8-26-19/h3-10,12,15,18,20-22,32-33H,11,13-14H2,1-2H3,(H,28,34)/t18-,20+,21+,22+/m1/s1. The van der Waals surface area contributed by atoms with Crippen molar-refractivity contribution >= 4 is 11.8 Å². The second kappa shape index (κ2) is 10.7. The maximum atomic E-state index is 13.4. The van der Waals surface area contributed by atoms with Crippen LogP contribution in [0, 0.1) is 5.92 Å². The fourth-order valence-corrected chi connectivity index (χ4v) is 4.38. The normalized spacial score (nSPS) is 19.5. The molecule has 3 N–H and O–H groups in total. The van der Waals surface area contributed by atoms with Gasteiger partial charge in [-0.05, 0) is 11.5 Å². The summed E-state index contributed by atoms with van der Waals surface area (Å²) in [4.78, 5) is 36.4. The van der Waals surface area contributed by atoms with Gasteiger partial charge in [0.2, 0.25) is 11.8 Å². The fourth-order valence-electron chi connectivity index (χ4n) is 4.38. The first-order chi connectivity index (χ1) is 16.9. The number of carbonyl (C=O) groups excluding carboxylic acids is 2. The number of likely N-dealkylation sites (tertiary alicyclic amines) is 1. The van der Waals surface area contributed by atoms with Gasteiger partial charge >= 0.3 is 0 Å². The van der Waals surface area contributed by atoms with Crippen molar-refractivity contribution in [1.29, 1.82) is 0 Å². The van der Waals surface area contributed by atoms with E-state index in [4.69, 9.17) is 0 Å². The molecule has 1 aromatic carbocycles. The second-order valence-corrected chi connectivity index (χ2v) is 8.92. The van der Waals surface area contributed by atoms with Gasteiger partial charge in [-0.1, -0.05) is 43.3 Å². The lowest BCUT2D eigenvalue weighted by atomic mass is 10.0. The van der Waals surface area contributed by atoms with E-state index in [1.807, 2.05) is 26.0 Å². The Kier molecular flexibility index (Phi) is 7.47. The molecule has 3 heterocycles. The number of β-amino-alcohol motifs (C(OH)–C–C–N with tert-alkyl or cyclic N) is 1. The summed E-state index contributed by atoms with van der Waals surface area (Å²) in [5.74, 6) is -0.854. The summed E-state index contributed by atoms with van der Waals surface area (Å²) in [6.07, 6.45) is 7.25. The molecule has 0 unspecified atom stereocenters. The van der Waals surface area contributed by atoms with E-state index in [2.05, 4.69) is 25.6 Å². The van der Waals surface area contributed by atoms with Gasteiger partial charge in [-0.2, -0.15) is 0 Å². The molecule has 1 aliphatic rings. The van der Waals surface area contributed by atoms with Crippen molar-refractivity contribution in [2.24, 2.45) is 5.92 Å². The smallest absolute Gasteiger partial charge is 0.248 e. The van der Waals surface area contributed by atoms with Gasteiger partial charge in [-0.15, -0.1) is 5.10 Å². The third-order valence-electron chi connectivity index (χ3n) is 6.15. The fraction of sp³-hybridized carbons (Fsp3) is 0.417. The highest BCUT2D eigenvalue weighted by Crippen LogP contribution is 2.27. The Hall–Kier alpha value is -3.70. The molecular weight excluding hydrogens is 450 g/mol. The van der Waals surface area contributed by atoms with Crippen LogP contribution in [0.1, 0.15) is 37.9 Å². The van der Waals surface area contributed by atoms with Crippen LogP contribution < -0.4 is 5.32 Å². The van der Waals surface area contributed by atoms with Gasteiger partial charge in [0, 0.05) is 37.1 Å². The molecule has 3 aromatic rings. The van der Waals surface area contributed by atoms with Gasteiger partial charge in [-0.25, -0.2) is 4.68 Å². The van der Waals surface area contributed by atoms with Crippen LogP contribution in [0.15, 0.2) is 55.2 Å². The topological polar surface area (TPSA) is 146 Å². The molecule has 2 aromatic heterocycles. The lowest BCUT2D eigenvalue weighted by molar-refractivity contribution is -0.142. The number of aromatic nitrogens is 5. The first-order valence-electron chi connectivity index (χ1n) is 11.5. The van der Waals surface area contributed by atoms with E-state index in [0.29, 0.717) is 11.3 Å². The van der Waals surface area contributed by atoms with Crippen LogP contribution in [0.2, 0.25) is 0 Å². The lowest BCUT2D eigenvalue weighted by Gasteiger charge is -2.30. The van der Waals surface area contributed by atoms with Crippen LogP contribution in [0.5, 0.6) is 0 Å². The van der Waals surface area contributed by atoms with Crippen LogP contribution in [0.4, 0.5) is 0 Å². The van der Waals surface area contributed by atoms with E-state index < -0.39 is 30.1 Å². The number of aliphatic hydroxyl groups is 2. The van der Waals surface area contributed by atoms with Gasteiger partial charge in [0.15, 0.2) is 0 Å². The third kappa shape index (κ3) is 5.36. The Balaban J connectivity index is 1.49. The van der Waals surface area contributed by atoms with E-state index in [0.717, 1.165) is 5.56 Å². The van der Waals surface area contributed by atoms with Gasteiger partial charge in [0.25, 0.3) is 0 Å². The largest absolute Gasteiger partial charge is 0.394 e. The maximum Gasteiger partial charge on any atom is 0.248 e. The average Bonchev–Trinajstić information content (AvgIpc) is 3.53. The maximum absolute atomic E-state index is 13.4. The van der Waals surface area contributed by atoms with Crippen molar-refractivity contribution in [3.8, 4) is 11.3 Å². The zero-order chi connectivity index (χ0) is 24.9. The van der Waals surface area contributed by atoms with Crippen molar-refractivity contribution in [2.75, 3.05) is 13.2 Å². The van der Waals surface area contributed by atoms with Crippen LogP contribution >= 0.6 is 0 Å². The summed E-state index contributed by atoms with van der Waals surface area (Å²) >= 11 is 0. The molecule has 0 spiro atoms. The monoisotopic (exact) mass is 479 g/mol. The predicted molar refractivity (Wildman–Crippen MR) is 125 cm³/mol. The quantitative estimate of drug-likeness (QED) is 0.429. The number of aliphatic hydroxyl groups excluding tert-OH is 2. The first-order valence-corrected chi connectivity index (χ1v) is 11.5. The van der Waals surface area contributed by atoms with Crippen LogP contribution in [-0.2, 0) is 9.59 Å². The molecule has 1 aliphatic heterocycles. The predicted octanol–water partition coefficient (Wildman–Crippen LogP) is 0.744. The highest BCUT2D eigenvalue weighted by molar-refractivity contribution is 5.90. The summed E-state index contributed by atoms with van der Waals surface area (Å²) in [6.45, 7) is 3.50. The van der Waals surface area contributed by atoms with Crippen LogP contribution in [-0.4, -0.2) is 77.2 Å². The van der Waals surface area contributed by atoms with Gasteiger partial charge in [0.1, 0.15) is 12.1 Å². The molecule has 1 saturated heterocycles. The first kappa shape index (κ1) is 24.4. The van der Waals surface area contributed by atoms with Crippen molar-refractivity contribution < 1.29 is 19.8 Å². The van der Waals surface area contributed by atoms with E-state index in [-0.39, 0.29) is 31.4 Å². The molecule has 4 atom stereocenters. The van der Waals surface area contributed by atoms with Gasteiger partial charge in [-0.3, -0.25) is 19.6 Å². The number of rotatable bonds is 8. The van der Waals surface area contributed by atoms with Crippen molar-refractivity contribution in [3.63, 3.8) is 0 Å². The van der Waals surface area contributed by atoms with Crippen LogP contribution in [0.25, 0.3) is 11.3 Å². The molecule has 1 fully saturated rings. The molecule has 0 aliphatic carbocycles. The minimum Gasteiger partial charge on any atom is -0.394 e. The summed E-state index contributed by atoms with van der Waals surface area (Å²) in [5, 5.41) is 30.9. The summed E-state index contributed by atoms with van der Waals surface area (Å²) in [5.41, 5.74) is 2.27. The van der Waals surface area contributed by atoms with E-state index in [9.17, 15) is 19.8 Å². The highest BCUT2D eigenvalue weighted by atomic mass is 16.3. The Morgan fingerprint density at radius 1 is 1.17 bits per heavy atom. The molecule has 184 valence electrons. The van der Waals surface area contributed by atoms with Crippen molar-refractivity contribution in [3.05, 3.63) is 60.8 Å². The summed E-state index contributed by atoms with van der Waals surface area (Å²) in [7, 11) is 0. The SMILES string of the molecule is CC(C)[C@@H](C(=O)N1C[C@H](O)C[C@H]1C(=O)N[C@@H](CO)c1ccc(-c2cnccn2)cc1)n1ccnn1. The van der Waals surface area contributed by atoms with Crippen molar-refractivity contribution in [2.45, 2.75) is 44.5 Å². The van der Waals surface area contributed by atoms with E-state index in [1.165, 1.54) is 15.8 Å². The number of carbonyl (C=O) groups is 2. The Morgan fingerprint density at radius 3 is 2.54 bits per heavy atom. The Labute approximate surface area is 202 Å². The Bertz CT molecular complexity index is 1120. The number of hydrogen-bond acceptors (Lipinski definition) is 8. The minimum atomic E-state index is -0.866. The molecule has 0 bridgehead atoms. The average molecular weight is 480 g/mol. The summed E-state index contributed by atoms with van der Waals surface area (Å²) < 4.78 is 1.47. The number of benzene rings is 1. The molecule has 0 radical (unpaired) electrons. The van der Waals surface area contributed by atoms with E-state index in [1.54, 1.807) is 36.9 Å². The Morgan fingerprint density at radius 2 is 1.94 bits per heavy atom. The molecule has 4 rings (SSSR count). The summed E-state index contributed by atoms with van der Waals surface area (Å²) in [6, 6.07) is 5.09. The minimum absolute atomic E-state index is 0.0471. The molecule has 2 amide bonds. The molecule has 11 heteroatoms. The van der Waals surface area contributed by atoms with E-state index >= 15 is 0 Å². The number of amides is 2. The molecular formula is C24H29N7O4. The molecule has 35 heavy (non-hydrogen) atoms. The van der Waals surface area contributed by atoms with Crippen LogP contribution in [0.3, 0.4) is 0 Å². The number of nitrogens with zero attached hydrogens (tertiary/aromatic N) is 6. The number of hydrogen-bond donors (Lipinski definition) is 3. The third-order valence-corrected chi connectivity index (χ3v) is 6.15. The lowest BCUT2D eigenvalue weighted by Crippen LogP contribution is -2.50. The second-order valence-electron chi connectivity index (χ2n) is 8.92. The highest BCUT2D eigenvalue weighted by Gasteiger charge is 2.43. The zero-order valence-electron chi connectivity index (χ0n) is 19.6. The van der Waals surface area contributed by atoms with Gasteiger partial charge < -0.3 is 20.4 Å². The molecule has 0 saturated carbocycles. The molecule has 11 nitrogen and oxygen atoms in total. The zero-order valence-corrected chi connectivity index (χ0v) is 19.6. The van der Waals surface area contributed by atoms with Crippen molar-refractivity contribution in [1.82, 2.24) is 35.2 Å². The number of nitrogens with one attached hydrogen (secondary N) is 1.